The molecule has 132 valence electrons. The van der Waals surface area contributed by atoms with Crippen LogP contribution in [0.25, 0.3) is 0 Å². The van der Waals surface area contributed by atoms with Gasteiger partial charge in [0.15, 0.2) is 0 Å². The Morgan fingerprint density at radius 1 is 1.08 bits per heavy atom. The van der Waals surface area contributed by atoms with Crippen molar-refractivity contribution in [3.8, 4) is 0 Å². The van der Waals surface area contributed by atoms with Crippen LogP contribution < -0.4 is 10.6 Å². The molecular weight excluding hydrogens is 370 g/mol. The maximum atomic E-state index is 13.6. The molecule has 2 aromatic carbocycles. The smallest absolute Gasteiger partial charge is 0.257 e. The third-order valence-corrected chi connectivity index (χ3v) is 3.87. The normalized spacial score (nSPS) is 10.4. The van der Waals surface area contributed by atoms with Crippen molar-refractivity contribution < 1.29 is 18.7 Å². The van der Waals surface area contributed by atoms with E-state index in [-0.39, 0.29) is 32.8 Å². The number of rotatable bonds is 6. The Labute approximate surface area is 154 Å². The van der Waals surface area contributed by atoms with Gasteiger partial charge in [0.1, 0.15) is 5.82 Å². The van der Waals surface area contributed by atoms with Gasteiger partial charge >= 0.3 is 0 Å². The highest BCUT2D eigenvalue weighted by atomic mass is 35.5. The Morgan fingerprint density at radius 2 is 1.80 bits per heavy atom. The van der Waals surface area contributed by atoms with Crippen LogP contribution in [0.4, 0.5) is 10.1 Å². The van der Waals surface area contributed by atoms with Crippen LogP contribution in [0, 0.1) is 5.82 Å². The fraction of sp³-hybridized carbons (Fsp3) is 0.176. The number of methoxy groups -OCH3 is 1. The number of nitrogens with one attached hydrogen (secondary N) is 2. The van der Waals surface area contributed by atoms with Crippen molar-refractivity contribution in [2.45, 2.75) is 0 Å². The van der Waals surface area contributed by atoms with Crippen molar-refractivity contribution >= 4 is 40.7 Å². The van der Waals surface area contributed by atoms with Gasteiger partial charge in [-0.25, -0.2) is 4.39 Å². The summed E-state index contributed by atoms with van der Waals surface area (Å²) in [6.45, 7) is 0.686. The van der Waals surface area contributed by atoms with Crippen molar-refractivity contribution in [1.29, 1.82) is 0 Å². The standard InChI is InChI=1S/C17H15Cl2FN2O3/c1-25-7-6-21-16(23)10-4-2-3-5-15(10)22-17(24)11-8-14(20)13(19)9-12(11)18/h2-5,8-9H,6-7H2,1H3,(H,21,23)(H,22,24). The molecule has 0 aliphatic carbocycles. The van der Waals surface area contributed by atoms with Crippen molar-refractivity contribution in [2.24, 2.45) is 0 Å². The molecular formula is C17H15Cl2FN2O3. The number of amides is 2. The van der Waals surface area contributed by atoms with E-state index in [2.05, 4.69) is 10.6 Å². The zero-order valence-electron chi connectivity index (χ0n) is 13.2. The molecule has 2 amide bonds. The summed E-state index contributed by atoms with van der Waals surface area (Å²) in [5, 5.41) is 5.05. The molecule has 0 unspecified atom stereocenters. The predicted molar refractivity (Wildman–Crippen MR) is 95.0 cm³/mol. The molecule has 0 bridgehead atoms. The zero-order valence-corrected chi connectivity index (χ0v) is 14.7. The van der Waals surface area contributed by atoms with Crippen LogP contribution >= 0.6 is 23.2 Å². The summed E-state index contributed by atoms with van der Waals surface area (Å²) in [5.41, 5.74) is 0.449. The minimum absolute atomic E-state index is 0.00549. The van der Waals surface area contributed by atoms with Gasteiger partial charge in [0.05, 0.1) is 33.5 Å². The van der Waals surface area contributed by atoms with E-state index in [0.717, 1.165) is 12.1 Å². The molecule has 8 heteroatoms. The van der Waals surface area contributed by atoms with Gasteiger partial charge in [-0.15, -0.1) is 0 Å². The zero-order chi connectivity index (χ0) is 18.4. The number of hydrogen-bond acceptors (Lipinski definition) is 3. The second-order valence-corrected chi connectivity index (χ2v) is 5.81. The highest BCUT2D eigenvalue weighted by Crippen LogP contribution is 2.25. The van der Waals surface area contributed by atoms with Crippen molar-refractivity contribution in [1.82, 2.24) is 5.32 Å². The van der Waals surface area contributed by atoms with E-state index in [1.54, 1.807) is 24.3 Å². The predicted octanol–water partition coefficient (Wildman–Crippen LogP) is 3.76. The molecule has 0 aliphatic heterocycles. The molecule has 25 heavy (non-hydrogen) atoms. The van der Waals surface area contributed by atoms with Crippen LogP contribution in [0.2, 0.25) is 10.0 Å². The highest BCUT2D eigenvalue weighted by Gasteiger charge is 2.17. The molecule has 0 heterocycles. The van der Waals surface area contributed by atoms with Gasteiger partial charge in [-0.05, 0) is 24.3 Å². The third kappa shape index (κ3) is 4.92. The number of ether oxygens (including phenoxy) is 1. The highest BCUT2D eigenvalue weighted by molar-refractivity contribution is 6.37. The lowest BCUT2D eigenvalue weighted by atomic mass is 10.1. The van der Waals surface area contributed by atoms with Crippen LogP contribution in [-0.2, 0) is 4.74 Å². The molecule has 5 nitrogen and oxygen atoms in total. The van der Waals surface area contributed by atoms with Gasteiger partial charge in [-0.3, -0.25) is 9.59 Å². The Balaban J connectivity index is 2.22. The molecule has 0 saturated carbocycles. The maximum absolute atomic E-state index is 13.6. The number of carbonyl (C=O) groups is 2. The van der Waals surface area contributed by atoms with Gasteiger partial charge in [0.25, 0.3) is 11.8 Å². The summed E-state index contributed by atoms with van der Waals surface area (Å²) in [4.78, 5) is 24.6. The van der Waals surface area contributed by atoms with E-state index >= 15 is 0 Å². The summed E-state index contributed by atoms with van der Waals surface area (Å²) in [5.74, 6) is -1.79. The van der Waals surface area contributed by atoms with Crippen LogP contribution in [0.15, 0.2) is 36.4 Å². The van der Waals surface area contributed by atoms with Crippen molar-refractivity contribution in [3.05, 3.63) is 63.4 Å². The van der Waals surface area contributed by atoms with E-state index in [1.807, 2.05) is 0 Å². The fourth-order valence-electron chi connectivity index (χ4n) is 2.04. The molecule has 2 aromatic rings. The number of halogens is 3. The third-order valence-electron chi connectivity index (χ3n) is 3.27. The number of para-hydroxylation sites is 1. The summed E-state index contributed by atoms with van der Waals surface area (Å²) in [7, 11) is 1.52. The quantitative estimate of drug-likeness (QED) is 0.588. The second kappa shape index (κ2) is 8.80. The summed E-state index contributed by atoms with van der Waals surface area (Å²) >= 11 is 11.6. The largest absolute Gasteiger partial charge is 0.383 e. The lowest BCUT2D eigenvalue weighted by Gasteiger charge is -2.12. The van der Waals surface area contributed by atoms with Gasteiger partial charge in [0.2, 0.25) is 0 Å². The van der Waals surface area contributed by atoms with Crippen molar-refractivity contribution in [2.75, 3.05) is 25.6 Å². The molecule has 0 radical (unpaired) electrons. The molecule has 0 fully saturated rings. The Hall–Kier alpha value is -2.15. The molecule has 0 spiro atoms. The molecule has 0 saturated heterocycles. The summed E-state index contributed by atoms with van der Waals surface area (Å²) in [6.07, 6.45) is 0. The summed E-state index contributed by atoms with van der Waals surface area (Å²) in [6, 6.07) is 8.53. The first-order chi connectivity index (χ1) is 11.9. The number of benzene rings is 2. The van der Waals surface area contributed by atoms with Gasteiger partial charge < -0.3 is 15.4 Å². The first kappa shape index (κ1) is 19.2. The number of anilines is 1. The second-order valence-electron chi connectivity index (χ2n) is 4.99. The molecule has 0 aliphatic rings. The van der Waals surface area contributed by atoms with Crippen LogP contribution in [0.5, 0.6) is 0 Å². The van der Waals surface area contributed by atoms with Crippen molar-refractivity contribution in [3.63, 3.8) is 0 Å². The van der Waals surface area contributed by atoms with E-state index in [1.165, 1.54) is 7.11 Å². The average molecular weight is 385 g/mol. The Bertz CT molecular complexity index is 799. The lowest BCUT2D eigenvalue weighted by molar-refractivity contribution is 0.0938. The first-order valence-corrected chi connectivity index (χ1v) is 8.01. The van der Waals surface area contributed by atoms with Gasteiger partial charge in [-0.1, -0.05) is 35.3 Å². The minimum atomic E-state index is -0.762. The first-order valence-electron chi connectivity index (χ1n) is 7.26. The Morgan fingerprint density at radius 3 is 2.52 bits per heavy atom. The molecule has 2 rings (SSSR count). The van der Waals surface area contributed by atoms with Crippen LogP contribution in [0.3, 0.4) is 0 Å². The number of hydrogen-bond donors (Lipinski definition) is 2. The monoisotopic (exact) mass is 384 g/mol. The topological polar surface area (TPSA) is 67.4 Å². The van der Waals surface area contributed by atoms with E-state index in [0.29, 0.717) is 13.2 Å². The average Bonchev–Trinajstić information content (AvgIpc) is 2.58. The lowest BCUT2D eigenvalue weighted by Crippen LogP contribution is -2.28. The fourth-order valence-corrected chi connectivity index (χ4v) is 2.51. The SMILES string of the molecule is COCCNC(=O)c1ccccc1NC(=O)c1cc(F)c(Cl)cc1Cl. The Kier molecular flexibility index (Phi) is 6.75. The molecule has 0 aromatic heterocycles. The van der Waals surface area contributed by atoms with Crippen LogP contribution in [-0.4, -0.2) is 32.1 Å². The van der Waals surface area contributed by atoms with E-state index in [9.17, 15) is 14.0 Å². The van der Waals surface area contributed by atoms with E-state index < -0.39 is 11.7 Å². The molecule has 0 atom stereocenters. The minimum Gasteiger partial charge on any atom is -0.383 e. The van der Waals surface area contributed by atoms with E-state index in [4.69, 9.17) is 27.9 Å². The van der Waals surface area contributed by atoms with Gasteiger partial charge in [-0.2, -0.15) is 0 Å². The van der Waals surface area contributed by atoms with Gasteiger partial charge in [0, 0.05) is 13.7 Å². The number of carbonyl (C=O) groups excluding carboxylic acids is 2. The molecule has 2 N–H and O–H groups in total. The summed E-state index contributed by atoms with van der Waals surface area (Å²) < 4.78 is 18.5. The maximum Gasteiger partial charge on any atom is 0.257 e. The van der Waals surface area contributed by atoms with Crippen LogP contribution in [0.1, 0.15) is 20.7 Å².